The van der Waals surface area contributed by atoms with Crippen molar-refractivity contribution in [3.05, 3.63) is 12.4 Å². The molecule has 1 aliphatic rings. The molecule has 0 amide bonds. The Morgan fingerprint density at radius 3 is 2.86 bits per heavy atom. The molecule has 1 rings (SSSR count). The van der Waals surface area contributed by atoms with Crippen molar-refractivity contribution in [1.29, 1.82) is 0 Å². The van der Waals surface area contributed by atoms with Gasteiger partial charge in [-0.15, -0.1) is 0 Å². The Bertz CT molecular complexity index is 81.8. The van der Waals surface area contributed by atoms with Crippen LogP contribution >= 0.6 is 11.8 Å². The van der Waals surface area contributed by atoms with Crippen LogP contribution in [0.1, 0.15) is 0 Å². The largest absolute Gasteiger partial charge is 0.388 e. The second-order valence-corrected chi connectivity index (χ2v) is 1.83. The van der Waals surface area contributed by atoms with E-state index in [1.807, 2.05) is 6.20 Å². The zero-order valence-electron chi connectivity index (χ0n) is 3.89. The number of nitrogens with one attached hydrogen (secondary N) is 1. The Morgan fingerprint density at radius 1 is 1.71 bits per heavy atom. The van der Waals surface area contributed by atoms with Crippen molar-refractivity contribution in [2.24, 2.45) is 0 Å². The number of hydrogen-bond donors (Lipinski definition) is 1. The first kappa shape index (κ1) is 4.78. The highest BCUT2D eigenvalue weighted by molar-refractivity contribution is 6.14. The first-order valence-corrected chi connectivity index (χ1v) is 2.56. The molecule has 0 saturated heterocycles. The van der Waals surface area contributed by atoms with Crippen LogP contribution in [0.15, 0.2) is 12.4 Å². The average molecular weight is 119 g/mol. The Labute approximate surface area is 47.9 Å². The highest BCUT2D eigenvalue weighted by Crippen LogP contribution is 1.95. The van der Waals surface area contributed by atoms with Crippen molar-refractivity contribution in [2.45, 2.75) is 0 Å². The van der Waals surface area contributed by atoms with Gasteiger partial charge in [0, 0.05) is 30.7 Å². The van der Waals surface area contributed by atoms with Gasteiger partial charge < -0.3 is 5.32 Å². The van der Waals surface area contributed by atoms with Crippen LogP contribution in [0.25, 0.3) is 0 Å². The van der Waals surface area contributed by atoms with Crippen molar-refractivity contribution in [3.63, 3.8) is 0 Å². The first-order chi connectivity index (χ1) is 3.39. The number of nitrogens with zero attached hydrogens (tertiary/aromatic N) is 1. The lowest BCUT2D eigenvalue weighted by molar-refractivity contribution is 0.551. The molecule has 1 aliphatic heterocycles. The van der Waals surface area contributed by atoms with E-state index in [4.69, 9.17) is 11.8 Å². The maximum atomic E-state index is 5.52. The third kappa shape index (κ3) is 1.27. The molecule has 7 heavy (non-hydrogen) atoms. The predicted molar refractivity (Wildman–Crippen MR) is 29.7 cm³/mol. The minimum absolute atomic E-state index is 0.887. The SMILES string of the molecule is ClN1C=CNCC1. The van der Waals surface area contributed by atoms with Gasteiger partial charge in [0.2, 0.25) is 0 Å². The molecule has 1 heterocycles. The predicted octanol–water partition coefficient (Wildman–Crippen LogP) is 0.517. The van der Waals surface area contributed by atoms with E-state index in [0.29, 0.717) is 0 Å². The van der Waals surface area contributed by atoms with Gasteiger partial charge in [0.05, 0.1) is 6.54 Å². The Hall–Kier alpha value is -0.370. The molecule has 0 unspecified atom stereocenters. The van der Waals surface area contributed by atoms with Crippen molar-refractivity contribution in [2.75, 3.05) is 13.1 Å². The molecule has 0 atom stereocenters. The normalized spacial score (nSPS) is 19.3. The van der Waals surface area contributed by atoms with Crippen molar-refractivity contribution in [3.8, 4) is 0 Å². The molecule has 0 bridgehead atoms. The van der Waals surface area contributed by atoms with Gasteiger partial charge in [0.15, 0.2) is 0 Å². The van der Waals surface area contributed by atoms with E-state index in [2.05, 4.69) is 5.32 Å². The van der Waals surface area contributed by atoms with Gasteiger partial charge >= 0.3 is 0 Å². The molecule has 0 aromatic carbocycles. The second kappa shape index (κ2) is 2.07. The van der Waals surface area contributed by atoms with Gasteiger partial charge in [-0.1, -0.05) is 0 Å². The number of halogens is 1. The minimum atomic E-state index is 0.887. The van der Waals surface area contributed by atoms with E-state index in [1.54, 1.807) is 10.6 Å². The number of rotatable bonds is 0. The molecule has 1 N–H and O–H groups in total. The van der Waals surface area contributed by atoms with E-state index in [-0.39, 0.29) is 0 Å². The maximum Gasteiger partial charge on any atom is 0.0516 e. The topological polar surface area (TPSA) is 15.3 Å². The summed E-state index contributed by atoms with van der Waals surface area (Å²) in [6.45, 7) is 1.83. The minimum Gasteiger partial charge on any atom is -0.388 e. The van der Waals surface area contributed by atoms with E-state index in [0.717, 1.165) is 13.1 Å². The molecule has 0 aliphatic carbocycles. The second-order valence-electron chi connectivity index (χ2n) is 1.39. The summed E-state index contributed by atoms with van der Waals surface area (Å²) in [7, 11) is 0. The van der Waals surface area contributed by atoms with E-state index in [1.165, 1.54) is 0 Å². The molecule has 0 fully saturated rings. The summed E-state index contributed by atoms with van der Waals surface area (Å²) < 4.78 is 1.62. The van der Waals surface area contributed by atoms with E-state index >= 15 is 0 Å². The Balaban J connectivity index is 2.36. The molecule has 0 radical (unpaired) electrons. The van der Waals surface area contributed by atoms with Crippen LogP contribution in [0.5, 0.6) is 0 Å². The van der Waals surface area contributed by atoms with Gasteiger partial charge in [0.25, 0.3) is 0 Å². The van der Waals surface area contributed by atoms with Crippen LogP contribution in [-0.4, -0.2) is 17.5 Å². The summed E-state index contributed by atoms with van der Waals surface area (Å²) in [5, 5.41) is 3.01. The van der Waals surface area contributed by atoms with Gasteiger partial charge in [-0.2, -0.15) is 0 Å². The third-order valence-corrected chi connectivity index (χ3v) is 1.11. The lowest BCUT2D eigenvalue weighted by Crippen LogP contribution is -2.24. The molecular formula is C4H7ClN2. The molecule has 0 aromatic heterocycles. The Morgan fingerprint density at radius 2 is 2.57 bits per heavy atom. The molecule has 40 valence electrons. The van der Waals surface area contributed by atoms with E-state index < -0.39 is 0 Å². The van der Waals surface area contributed by atoms with Crippen LogP contribution in [0.2, 0.25) is 0 Å². The van der Waals surface area contributed by atoms with Crippen LogP contribution in [0.4, 0.5) is 0 Å². The molecule has 0 aromatic rings. The zero-order valence-corrected chi connectivity index (χ0v) is 4.65. The van der Waals surface area contributed by atoms with Gasteiger partial charge in [-0.25, -0.2) is 0 Å². The Kier molecular flexibility index (Phi) is 1.42. The van der Waals surface area contributed by atoms with Gasteiger partial charge in [-0.3, -0.25) is 4.42 Å². The lowest BCUT2D eigenvalue weighted by Gasteiger charge is -2.14. The molecule has 2 nitrogen and oxygen atoms in total. The van der Waals surface area contributed by atoms with Gasteiger partial charge in [0.1, 0.15) is 0 Å². The van der Waals surface area contributed by atoms with Crippen LogP contribution in [0.3, 0.4) is 0 Å². The monoisotopic (exact) mass is 118 g/mol. The van der Waals surface area contributed by atoms with Crippen LogP contribution in [-0.2, 0) is 0 Å². The van der Waals surface area contributed by atoms with Gasteiger partial charge in [-0.05, 0) is 0 Å². The van der Waals surface area contributed by atoms with Crippen molar-refractivity contribution in [1.82, 2.24) is 9.74 Å². The summed E-state index contributed by atoms with van der Waals surface area (Å²) in [6, 6.07) is 0. The fourth-order valence-electron chi connectivity index (χ4n) is 0.463. The third-order valence-electron chi connectivity index (χ3n) is 0.824. The maximum absolute atomic E-state index is 5.52. The first-order valence-electron chi connectivity index (χ1n) is 2.22. The van der Waals surface area contributed by atoms with Crippen LogP contribution in [0, 0.1) is 0 Å². The molecule has 0 saturated carbocycles. The highest BCUT2D eigenvalue weighted by atomic mass is 35.5. The number of hydrogen-bond acceptors (Lipinski definition) is 2. The summed E-state index contributed by atoms with van der Waals surface area (Å²) >= 11 is 5.52. The highest BCUT2D eigenvalue weighted by Gasteiger charge is 1.94. The smallest absolute Gasteiger partial charge is 0.0516 e. The average Bonchev–Trinajstić information content (AvgIpc) is 1.69. The fourth-order valence-corrected chi connectivity index (χ4v) is 0.604. The molecule has 0 spiro atoms. The standard InChI is InChI=1S/C4H7ClN2/c5-7-3-1-6-2-4-7/h1,3,6H,2,4H2. The van der Waals surface area contributed by atoms with Crippen molar-refractivity contribution < 1.29 is 0 Å². The van der Waals surface area contributed by atoms with Crippen LogP contribution < -0.4 is 5.32 Å². The quantitative estimate of drug-likeness (QED) is 0.467. The summed E-state index contributed by atoms with van der Waals surface area (Å²) in [5.74, 6) is 0. The molecule has 3 heteroatoms. The summed E-state index contributed by atoms with van der Waals surface area (Å²) in [4.78, 5) is 0. The zero-order chi connectivity index (χ0) is 5.11. The fraction of sp³-hybridized carbons (Fsp3) is 0.500. The lowest BCUT2D eigenvalue weighted by atomic mass is 10.5. The molecular weight excluding hydrogens is 112 g/mol. The summed E-state index contributed by atoms with van der Waals surface area (Å²) in [6.07, 6.45) is 3.63. The van der Waals surface area contributed by atoms with Crippen molar-refractivity contribution >= 4 is 11.8 Å². The summed E-state index contributed by atoms with van der Waals surface area (Å²) in [5.41, 5.74) is 0. The van der Waals surface area contributed by atoms with E-state index in [9.17, 15) is 0 Å².